The van der Waals surface area contributed by atoms with E-state index < -0.39 is 17.1 Å². The average molecular weight is 357 g/mol. The summed E-state index contributed by atoms with van der Waals surface area (Å²) in [6, 6.07) is 14.8. The van der Waals surface area contributed by atoms with Gasteiger partial charge in [0.25, 0.3) is 5.91 Å². The summed E-state index contributed by atoms with van der Waals surface area (Å²) in [5, 5.41) is 3.90. The number of anilines is 2. The summed E-state index contributed by atoms with van der Waals surface area (Å²) in [5.41, 5.74) is 1.79. The summed E-state index contributed by atoms with van der Waals surface area (Å²) in [7, 11) is 0. The predicted molar refractivity (Wildman–Crippen MR) is 98.9 cm³/mol. The van der Waals surface area contributed by atoms with Gasteiger partial charge in [0, 0.05) is 22.5 Å². The number of nitrogens with one attached hydrogen (secondary N) is 2. The number of amides is 2. The van der Waals surface area contributed by atoms with Crippen molar-refractivity contribution in [2.45, 2.75) is 12.3 Å². The third-order valence-electron chi connectivity index (χ3n) is 3.32. The number of Topliss-reactive ketones (excluding diaryl/α,β-unsaturated/α-hetero) is 1. The Bertz CT molecular complexity index is 801. The SMILES string of the molecule is C=C(C)C(=O)Nc1ccc(NC(=O)C(Cl)C(=O)c2ccccc2)cc1. The molecule has 0 radical (unpaired) electrons. The second-order valence-electron chi connectivity index (χ2n) is 5.39. The molecule has 2 amide bonds. The summed E-state index contributed by atoms with van der Waals surface area (Å²) in [4.78, 5) is 35.8. The highest BCUT2D eigenvalue weighted by Gasteiger charge is 2.25. The molecule has 1 atom stereocenters. The van der Waals surface area contributed by atoms with Crippen LogP contribution in [0.5, 0.6) is 0 Å². The topological polar surface area (TPSA) is 75.3 Å². The van der Waals surface area contributed by atoms with E-state index in [1.807, 2.05) is 0 Å². The fourth-order valence-electron chi connectivity index (χ4n) is 1.95. The first-order chi connectivity index (χ1) is 11.9. The summed E-state index contributed by atoms with van der Waals surface area (Å²) < 4.78 is 0. The van der Waals surface area contributed by atoms with Crippen LogP contribution < -0.4 is 10.6 Å². The van der Waals surface area contributed by atoms with Gasteiger partial charge < -0.3 is 10.6 Å². The maximum absolute atomic E-state index is 12.2. The van der Waals surface area contributed by atoms with Crippen molar-refractivity contribution in [3.63, 3.8) is 0 Å². The van der Waals surface area contributed by atoms with Crippen LogP contribution in [0.15, 0.2) is 66.7 Å². The molecule has 0 saturated carbocycles. The van der Waals surface area contributed by atoms with Crippen LogP contribution in [0.2, 0.25) is 0 Å². The van der Waals surface area contributed by atoms with Crippen molar-refractivity contribution >= 4 is 40.6 Å². The van der Waals surface area contributed by atoms with Crippen LogP contribution in [0.4, 0.5) is 11.4 Å². The molecule has 128 valence electrons. The summed E-state index contributed by atoms with van der Waals surface area (Å²) in [6.07, 6.45) is 0. The predicted octanol–water partition coefficient (Wildman–Crippen LogP) is 3.63. The lowest BCUT2D eigenvalue weighted by Crippen LogP contribution is -2.30. The molecule has 0 bridgehead atoms. The molecule has 0 heterocycles. The van der Waals surface area contributed by atoms with Gasteiger partial charge in [0.05, 0.1) is 0 Å². The van der Waals surface area contributed by atoms with E-state index in [4.69, 9.17) is 11.6 Å². The highest BCUT2D eigenvalue weighted by atomic mass is 35.5. The Morgan fingerprint density at radius 1 is 0.920 bits per heavy atom. The number of ketones is 1. The van der Waals surface area contributed by atoms with Gasteiger partial charge in [-0.25, -0.2) is 0 Å². The van der Waals surface area contributed by atoms with Crippen molar-refractivity contribution in [2.24, 2.45) is 0 Å². The van der Waals surface area contributed by atoms with Crippen molar-refractivity contribution in [1.29, 1.82) is 0 Å². The first kappa shape index (κ1) is 18.4. The van der Waals surface area contributed by atoms with Crippen molar-refractivity contribution in [3.05, 3.63) is 72.3 Å². The smallest absolute Gasteiger partial charge is 0.250 e. The maximum Gasteiger partial charge on any atom is 0.250 e. The zero-order chi connectivity index (χ0) is 18.4. The zero-order valence-electron chi connectivity index (χ0n) is 13.6. The maximum atomic E-state index is 12.2. The lowest BCUT2D eigenvalue weighted by molar-refractivity contribution is -0.115. The van der Waals surface area contributed by atoms with Gasteiger partial charge in [0.2, 0.25) is 5.91 Å². The molecular weight excluding hydrogens is 340 g/mol. The number of hydrogen-bond donors (Lipinski definition) is 2. The zero-order valence-corrected chi connectivity index (χ0v) is 14.3. The van der Waals surface area contributed by atoms with Crippen LogP contribution in [-0.2, 0) is 9.59 Å². The van der Waals surface area contributed by atoms with Crippen LogP contribution in [-0.4, -0.2) is 23.0 Å². The van der Waals surface area contributed by atoms with Gasteiger partial charge in [-0.05, 0) is 31.2 Å². The molecule has 2 aromatic carbocycles. The molecule has 0 aliphatic carbocycles. The monoisotopic (exact) mass is 356 g/mol. The molecule has 0 aliphatic heterocycles. The molecule has 2 aromatic rings. The van der Waals surface area contributed by atoms with E-state index >= 15 is 0 Å². The number of carbonyl (C=O) groups excluding carboxylic acids is 3. The minimum Gasteiger partial charge on any atom is -0.324 e. The molecule has 0 saturated heterocycles. The van der Waals surface area contributed by atoms with Crippen molar-refractivity contribution in [1.82, 2.24) is 0 Å². The molecule has 0 spiro atoms. The minimum absolute atomic E-state index is 0.286. The third-order valence-corrected chi connectivity index (χ3v) is 3.71. The summed E-state index contributed by atoms with van der Waals surface area (Å²) >= 11 is 5.97. The Kier molecular flexibility index (Phi) is 6.08. The number of alkyl halides is 1. The van der Waals surface area contributed by atoms with E-state index in [-0.39, 0.29) is 5.91 Å². The molecule has 0 aromatic heterocycles. The van der Waals surface area contributed by atoms with Crippen LogP contribution in [0, 0.1) is 0 Å². The van der Waals surface area contributed by atoms with E-state index in [0.29, 0.717) is 22.5 Å². The van der Waals surface area contributed by atoms with E-state index in [1.165, 1.54) is 0 Å². The van der Waals surface area contributed by atoms with E-state index in [0.717, 1.165) is 0 Å². The molecular formula is C19H17ClN2O3. The van der Waals surface area contributed by atoms with Gasteiger partial charge >= 0.3 is 0 Å². The second-order valence-corrected chi connectivity index (χ2v) is 5.83. The van der Waals surface area contributed by atoms with Crippen LogP contribution >= 0.6 is 11.6 Å². The first-order valence-corrected chi connectivity index (χ1v) is 7.93. The fourth-order valence-corrected chi connectivity index (χ4v) is 2.13. The van der Waals surface area contributed by atoms with Crippen LogP contribution in [0.1, 0.15) is 17.3 Å². The molecule has 25 heavy (non-hydrogen) atoms. The van der Waals surface area contributed by atoms with Crippen molar-refractivity contribution < 1.29 is 14.4 Å². The molecule has 2 N–H and O–H groups in total. The Hall–Kier alpha value is -2.92. The summed E-state index contributed by atoms with van der Waals surface area (Å²) in [6.45, 7) is 5.16. The highest BCUT2D eigenvalue weighted by Crippen LogP contribution is 2.16. The van der Waals surface area contributed by atoms with Gasteiger partial charge in [0.15, 0.2) is 11.2 Å². The standard InChI is InChI=1S/C19H17ClN2O3/c1-12(2)18(24)21-14-8-10-15(11-9-14)22-19(25)16(20)17(23)13-6-4-3-5-7-13/h3-11,16H,1H2,2H3,(H,21,24)(H,22,25). The average Bonchev–Trinajstić information content (AvgIpc) is 2.62. The number of carbonyl (C=O) groups is 3. The van der Waals surface area contributed by atoms with Crippen molar-refractivity contribution in [2.75, 3.05) is 10.6 Å². The number of benzene rings is 2. The van der Waals surface area contributed by atoms with Gasteiger partial charge in [0.1, 0.15) is 0 Å². The lowest BCUT2D eigenvalue weighted by atomic mass is 10.1. The third kappa shape index (κ3) is 5.02. The van der Waals surface area contributed by atoms with Crippen LogP contribution in [0.3, 0.4) is 0 Å². The normalized spacial score (nSPS) is 11.3. The highest BCUT2D eigenvalue weighted by molar-refractivity contribution is 6.45. The van der Waals surface area contributed by atoms with Crippen molar-refractivity contribution in [3.8, 4) is 0 Å². The molecule has 5 nitrogen and oxygen atoms in total. The molecule has 0 fully saturated rings. The minimum atomic E-state index is -1.33. The molecule has 2 rings (SSSR count). The van der Waals surface area contributed by atoms with E-state index in [2.05, 4.69) is 17.2 Å². The van der Waals surface area contributed by atoms with Crippen LogP contribution in [0.25, 0.3) is 0 Å². The number of halogens is 1. The second kappa shape index (κ2) is 8.26. The largest absolute Gasteiger partial charge is 0.324 e. The van der Waals surface area contributed by atoms with E-state index in [9.17, 15) is 14.4 Å². The van der Waals surface area contributed by atoms with E-state index in [1.54, 1.807) is 61.5 Å². The molecule has 0 aliphatic rings. The Labute approximate surface area is 150 Å². The quantitative estimate of drug-likeness (QED) is 0.359. The Morgan fingerprint density at radius 2 is 1.44 bits per heavy atom. The lowest BCUT2D eigenvalue weighted by Gasteiger charge is -2.11. The number of rotatable bonds is 6. The first-order valence-electron chi connectivity index (χ1n) is 7.49. The Morgan fingerprint density at radius 3 is 1.96 bits per heavy atom. The Balaban J connectivity index is 1.99. The number of hydrogen-bond acceptors (Lipinski definition) is 3. The molecule has 6 heteroatoms. The fraction of sp³-hybridized carbons (Fsp3) is 0.105. The van der Waals surface area contributed by atoms with Gasteiger partial charge in [-0.3, -0.25) is 14.4 Å². The van der Waals surface area contributed by atoms with Gasteiger partial charge in [-0.2, -0.15) is 0 Å². The molecule has 1 unspecified atom stereocenters. The van der Waals surface area contributed by atoms with Gasteiger partial charge in [-0.1, -0.05) is 36.9 Å². The van der Waals surface area contributed by atoms with Gasteiger partial charge in [-0.15, -0.1) is 11.6 Å². The summed E-state index contributed by atoms with van der Waals surface area (Å²) in [5.74, 6) is -1.37.